The number of ether oxygens (including phenoxy) is 2. The number of rotatable bonds is 5. The number of halogens is 4. The summed E-state index contributed by atoms with van der Waals surface area (Å²) in [6.07, 6.45) is -12.2. The van der Waals surface area contributed by atoms with Crippen LogP contribution in [0.25, 0.3) is 0 Å². The van der Waals surface area contributed by atoms with Crippen molar-refractivity contribution in [1.29, 1.82) is 0 Å². The maximum atomic E-state index is 13.4. The van der Waals surface area contributed by atoms with Crippen LogP contribution in [-0.4, -0.2) is 83.2 Å². The van der Waals surface area contributed by atoms with Gasteiger partial charge in [0.25, 0.3) is 0 Å². The van der Waals surface area contributed by atoms with E-state index in [0.717, 1.165) is 12.1 Å². The third-order valence-electron chi connectivity index (χ3n) is 5.20. The number of alkyl halides is 3. The summed E-state index contributed by atoms with van der Waals surface area (Å²) in [5, 5.41) is 50.2. The van der Waals surface area contributed by atoms with E-state index in [1.807, 2.05) is 0 Å². The van der Waals surface area contributed by atoms with Gasteiger partial charge in [-0.1, -0.05) is 0 Å². The van der Waals surface area contributed by atoms with Crippen LogP contribution in [0, 0.1) is 0 Å². The normalized spacial score (nSPS) is 36.1. The van der Waals surface area contributed by atoms with Gasteiger partial charge in [0.1, 0.15) is 0 Å². The van der Waals surface area contributed by atoms with Crippen LogP contribution in [-0.2, 0) is 15.7 Å². The van der Waals surface area contributed by atoms with Gasteiger partial charge in [-0.3, -0.25) is 0 Å². The summed E-state index contributed by atoms with van der Waals surface area (Å²) in [5.74, 6) is 0. The molecule has 0 amide bonds. The second-order valence-corrected chi connectivity index (χ2v) is 12.6. The molecule has 0 spiro atoms. The summed E-state index contributed by atoms with van der Waals surface area (Å²) in [6.45, 7) is -0.738. The fourth-order valence-electron chi connectivity index (χ4n) is 3.68. The Labute approximate surface area is 179 Å². The Hall–Kier alpha value is -0.461. The van der Waals surface area contributed by atoms with Crippen molar-refractivity contribution in [1.82, 2.24) is 0 Å². The van der Waals surface area contributed by atoms with Crippen molar-refractivity contribution in [3.63, 3.8) is 0 Å². The average molecular weight is 523 g/mol. The van der Waals surface area contributed by atoms with Gasteiger partial charge in [-0.25, -0.2) is 0 Å². The fraction of sp³-hybridized carbons (Fsp3) is 0.667. The first-order valence-electron chi connectivity index (χ1n) is 9.16. The van der Waals surface area contributed by atoms with Crippen LogP contribution in [0.3, 0.4) is 0 Å². The SMILES string of the molecule is OC[C@@H]1[C@@H](O)[C@H](O)C[Se@+]1C[C@@H](O)[C@H]1OC(c2c(Cl)cccc2C(F)(F)F)OC[C@H]1O. The summed E-state index contributed by atoms with van der Waals surface area (Å²) in [5.41, 5.74) is -1.48. The molecule has 170 valence electrons. The van der Waals surface area contributed by atoms with Crippen molar-refractivity contribution in [2.75, 3.05) is 13.2 Å². The molecule has 2 saturated heterocycles. The van der Waals surface area contributed by atoms with Crippen molar-refractivity contribution in [3.8, 4) is 0 Å². The molecule has 8 atom stereocenters. The van der Waals surface area contributed by atoms with Crippen molar-refractivity contribution >= 4 is 25.5 Å². The van der Waals surface area contributed by atoms with E-state index in [0.29, 0.717) is 0 Å². The van der Waals surface area contributed by atoms with E-state index in [1.165, 1.54) is 6.07 Å². The van der Waals surface area contributed by atoms with Gasteiger partial charge in [0.15, 0.2) is 0 Å². The molecule has 1 aromatic carbocycles. The minimum absolute atomic E-state index is 0.0719. The van der Waals surface area contributed by atoms with Crippen LogP contribution in [0.1, 0.15) is 17.4 Å². The van der Waals surface area contributed by atoms with E-state index in [2.05, 4.69) is 0 Å². The van der Waals surface area contributed by atoms with Crippen LogP contribution in [0.15, 0.2) is 18.2 Å². The summed E-state index contributed by atoms with van der Waals surface area (Å²) < 4.78 is 51.0. The summed E-state index contributed by atoms with van der Waals surface area (Å²) >= 11 is 4.09. The Morgan fingerprint density at radius 3 is 2.53 bits per heavy atom. The molecule has 2 aliphatic rings. The Balaban J connectivity index is 1.78. The zero-order valence-electron chi connectivity index (χ0n) is 15.6. The molecule has 3 rings (SSSR count). The number of aliphatic hydroxyl groups is 5. The first kappa shape index (κ1) is 24.2. The van der Waals surface area contributed by atoms with Crippen LogP contribution >= 0.6 is 11.6 Å². The van der Waals surface area contributed by atoms with Crippen molar-refractivity contribution in [2.45, 2.75) is 58.4 Å². The van der Waals surface area contributed by atoms with Crippen molar-refractivity contribution < 1.29 is 48.2 Å². The van der Waals surface area contributed by atoms with Gasteiger partial charge in [0.05, 0.1) is 0 Å². The van der Waals surface area contributed by atoms with Crippen molar-refractivity contribution in [2.24, 2.45) is 0 Å². The standard InChI is InChI=1S/C18H23ClF3O7Se/c19-9-3-1-2-8(18(20,21)22)14(9)17-28-5-10(24)16(29-17)12(26)7-30-6-11(25)15(27)13(30)4-23/h1-3,10-13,15-17,23-27H,4-7H2/q+1/t10-,11-,12-,13-,15+,16+,17?,30-/m1/s1. The summed E-state index contributed by atoms with van der Waals surface area (Å²) in [4.78, 5) is -0.553. The Morgan fingerprint density at radius 1 is 1.20 bits per heavy atom. The van der Waals surface area contributed by atoms with Crippen LogP contribution in [0.4, 0.5) is 13.2 Å². The average Bonchev–Trinajstić information content (AvgIpc) is 2.94. The first-order chi connectivity index (χ1) is 14.0. The van der Waals surface area contributed by atoms with E-state index in [1.54, 1.807) is 0 Å². The van der Waals surface area contributed by atoms with Crippen LogP contribution < -0.4 is 0 Å². The van der Waals surface area contributed by atoms with E-state index >= 15 is 0 Å². The molecule has 2 aliphatic heterocycles. The Kier molecular flexibility index (Phi) is 7.72. The molecular formula is C18H23ClF3O7Se+. The Bertz CT molecular complexity index is 740. The predicted molar refractivity (Wildman–Crippen MR) is 100 cm³/mol. The molecule has 5 N–H and O–H groups in total. The number of hydrogen-bond donors (Lipinski definition) is 5. The molecule has 0 aliphatic carbocycles. The monoisotopic (exact) mass is 523 g/mol. The third-order valence-corrected chi connectivity index (χ3v) is 11.5. The number of hydrogen-bond acceptors (Lipinski definition) is 7. The topological polar surface area (TPSA) is 120 Å². The van der Waals surface area contributed by atoms with Gasteiger partial charge in [0.2, 0.25) is 0 Å². The molecule has 0 radical (unpaired) electrons. The first-order valence-corrected chi connectivity index (χ1v) is 13.0. The van der Waals surface area contributed by atoms with Gasteiger partial charge in [-0.15, -0.1) is 0 Å². The Morgan fingerprint density at radius 2 is 1.90 bits per heavy atom. The molecule has 12 heteroatoms. The van der Waals surface area contributed by atoms with E-state index in [-0.39, 0.29) is 28.9 Å². The molecule has 0 saturated carbocycles. The van der Waals surface area contributed by atoms with Crippen molar-refractivity contribution in [3.05, 3.63) is 34.3 Å². The van der Waals surface area contributed by atoms with Crippen LogP contribution in [0.5, 0.6) is 0 Å². The molecular weight excluding hydrogens is 500 g/mol. The van der Waals surface area contributed by atoms with E-state index in [4.69, 9.17) is 21.1 Å². The van der Waals surface area contributed by atoms with Gasteiger partial charge in [-0.2, -0.15) is 0 Å². The van der Waals surface area contributed by atoms with Gasteiger partial charge >= 0.3 is 180 Å². The van der Waals surface area contributed by atoms with Gasteiger partial charge in [-0.05, 0) is 0 Å². The molecule has 2 heterocycles. The second-order valence-electron chi connectivity index (χ2n) is 7.25. The quantitative estimate of drug-likeness (QED) is 0.367. The molecule has 0 bridgehead atoms. The summed E-state index contributed by atoms with van der Waals surface area (Å²) in [6, 6.07) is 3.24. The van der Waals surface area contributed by atoms with Gasteiger partial charge in [0, 0.05) is 0 Å². The van der Waals surface area contributed by atoms with E-state index < -0.39 is 72.8 Å². The zero-order valence-corrected chi connectivity index (χ0v) is 18.0. The second kappa shape index (κ2) is 9.58. The van der Waals surface area contributed by atoms with E-state index in [9.17, 15) is 38.7 Å². The molecule has 2 fully saturated rings. The molecule has 7 nitrogen and oxygen atoms in total. The minimum atomic E-state index is -4.71. The maximum absolute atomic E-state index is 13.4. The zero-order chi connectivity index (χ0) is 22.2. The number of aliphatic hydroxyl groups excluding tert-OH is 5. The molecule has 1 unspecified atom stereocenters. The molecule has 1 aromatic rings. The summed E-state index contributed by atoms with van der Waals surface area (Å²) in [7, 11) is 0. The fourth-order valence-corrected chi connectivity index (χ4v) is 9.57. The molecule has 0 aromatic heterocycles. The van der Waals surface area contributed by atoms with Crippen LogP contribution in [0.2, 0.25) is 20.5 Å². The number of benzene rings is 1. The third kappa shape index (κ3) is 4.96. The predicted octanol–water partition coefficient (Wildman–Crippen LogP) is 1.09. The van der Waals surface area contributed by atoms with Gasteiger partial charge < -0.3 is 0 Å². The molecule has 30 heavy (non-hydrogen) atoms.